The Bertz CT molecular complexity index is 119. The summed E-state index contributed by atoms with van der Waals surface area (Å²) in [5.41, 5.74) is 0. The fourth-order valence-electron chi connectivity index (χ4n) is 0.247. The standard InChI is InChI=1S/C4H4F4O2/c5-3(9)1-2-10-4(6,7)8/h1-2H2. The van der Waals surface area contributed by atoms with Crippen LogP contribution in [0.3, 0.4) is 0 Å². The van der Waals surface area contributed by atoms with E-state index in [2.05, 4.69) is 4.74 Å². The highest BCUT2D eigenvalue weighted by Gasteiger charge is 2.28. The minimum Gasteiger partial charge on any atom is -0.291 e. The van der Waals surface area contributed by atoms with Crippen molar-refractivity contribution < 1.29 is 27.1 Å². The first kappa shape index (κ1) is 9.35. The van der Waals surface area contributed by atoms with Crippen molar-refractivity contribution in [1.29, 1.82) is 0 Å². The van der Waals surface area contributed by atoms with Gasteiger partial charge in [0, 0.05) is 0 Å². The second kappa shape index (κ2) is 3.50. The minimum atomic E-state index is -4.78. The molecule has 0 bridgehead atoms. The lowest BCUT2D eigenvalue weighted by molar-refractivity contribution is -0.324. The van der Waals surface area contributed by atoms with Crippen LogP contribution in [-0.4, -0.2) is 19.0 Å². The number of hydrogen-bond donors (Lipinski definition) is 0. The summed E-state index contributed by atoms with van der Waals surface area (Å²) in [5.74, 6) is 0. The Kier molecular flexibility index (Phi) is 3.27. The molecule has 0 aromatic heterocycles. The summed E-state index contributed by atoms with van der Waals surface area (Å²) in [5, 5.41) is 0. The van der Waals surface area contributed by atoms with Gasteiger partial charge in [-0.1, -0.05) is 0 Å². The predicted molar refractivity (Wildman–Crippen MR) is 22.7 cm³/mol. The van der Waals surface area contributed by atoms with Gasteiger partial charge in [-0.15, -0.1) is 13.2 Å². The van der Waals surface area contributed by atoms with Crippen LogP contribution < -0.4 is 0 Å². The molecule has 0 aliphatic heterocycles. The summed E-state index contributed by atoms with van der Waals surface area (Å²) in [7, 11) is 0. The van der Waals surface area contributed by atoms with E-state index in [9.17, 15) is 22.4 Å². The van der Waals surface area contributed by atoms with Gasteiger partial charge >= 0.3 is 12.4 Å². The van der Waals surface area contributed by atoms with Gasteiger partial charge in [-0.2, -0.15) is 4.39 Å². The van der Waals surface area contributed by atoms with Crippen molar-refractivity contribution in [2.24, 2.45) is 0 Å². The molecule has 0 aromatic rings. The Balaban J connectivity index is 3.29. The molecule has 0 aliphatic rings. The number of hydrogen-bond acceptors (Lipinski definition) is 2. The Labute approximate surface area is 53.8 Å². The van der Waals surface area contributed by atoms with Gasteiger partial charge in [-0.25, -0.2) is 0 Å². The molecule has 0 aliphatic carbocycles. The fourth-order valence-corrected chi connectivity index (χ4v) is 0.247. The Hall–Kier alpha value is -0.650. The molecule has 0 spiro atoms. The van der Waals surface area contributed by atoms with Crippen LogP contribution in [0.5, 0.6) is 0 Å². The maximum Gasteiger partial charge on any atom is 0.522 e. The zero-order chi connectivity index (χ0) is 8.20. The lowest BCUT2D eigenvalue weighted by atomic mass is 10.5. The first-order valence-corrected chi connectivity index (χ1v) is 2.31. The summed E-state index contributed by atoms with van der Waals surface area (Å²) in [4.78, 5) is 9.42. The molecule has 60 valence electrons. The summed E-state index contributed by atoms with van der Waals surface area (Å²) in [6, 6.07) is -1.82. The summed E-state index contributed by atoms with van der Waals surface area (Å²) in [6.45, 7) is -0.959. The van der Waals surface area contributed by atoms with E-state index in [4.69, 9.17) is 0 Å². The van der Waals surface area contributed by atoms with Crippen molar-refractivity contribution in [3.05, 3.63) is 0 Å². The van der Waals surface area contributed by atoms with Gasteiger partial charge in [0.2, 0.25) is 0 Å². The third-order valence-corrected chi connectivity index (χ3v) is 0.564. The van der Waals surface area contributed by atoms with Gasteiger partial charge in [0.05, 0.1) is 13.0 Å². The number of carbonyl (C=O) groups excluding carboxylic acids is 1. The van der Waals surface area contributed by atoms with E-state index >= 15 is 0 Å². The monoisotopic (exact) mass is 160 g/mol. The SMILES string of the molecule is O=C(F)CCOC(F)(F)F. The predicted octanol–water partition coefficient (Wildman–Crippen LogP) is 1.41. The van der Waals surface area contributed by atoms with Crippen LogP contribution >= 0.6 is 0 Å². The van der Waals surface area contributed by atoms with Crippen LogP contribution in [-0.2, 0) is 9.53 Å². The molecule has 10 heavy (non-hydrogen) atoms. The van der Waals surface area contributed by atoms with E-state index in [1.807, 2.05) is 0 Å². The Morgan fingerprint density at radius 2 is 1.90 bits per heavy atom. The lowest BCUT2D eigenvalue weighted by Gasteiger charge is -2.03. The topological polar surface area (TPSA) is 26.3 Å². The third kappa shape index (κ3) is 7.35. The molecule has 0 saturated heterocycles. The molecule has 0 heterocycles. The molecular formula is C4H4F4O2. The van der Waals surface area contributed by atoms with E-state index in [0.717, 1.165) is 0 Å². The van der Waals surface area contributed by atoms with Crippen LogP contribution in [0.1, 0.15) is 6.42 Å². The van der Waals surface area contributed by atoms with Crippen LogP contribution in [0.4, 0.5) is 17.6 Å². The van der Waals surface area contributed by atoms with Gasteiger partial charge < -0.3 is 0 Å². The van der Waals surface area contributed by atoms with Crippen molar-refractivity contribution in [2.75, 3.05) is 6.61 Å². The second-order valence-electron chi connectivity index (χ2n) is 1.40. The van der Waals surface area contributed by atoms with Gasteiger partial charge in [0.25, 0.3) is 0 Å². The molecule has 0 N–H and O–H groups in total. The van der Waals surface area contributed by atoms with Gasteiger partial charge in [-0.05, 0) is 0 Å². The first-order valence-electron chi connectivity index (χ1n) is 2.31. The van der Waals surface area contributed by atoms with Crippen molar-refractivity contribution in [2.45, 2.75) is 12.8 Å². The van der Waals surface area contributed by atoms with Crippen molar-refractivity contribution in [1.82, 2.24) is 0 Å². The quantitative estimate of drug-likeness (QED) is 0.460. The van der Waals surface area contributed by atoms with Crippen LogP contribution in [0, 0.1) is 0 Å². The molecule has 0 aromatic carbocycles. The zero-order valence-corrected chi connectivity index (χ0v) is 4.74. The highest BCUT2D eigenvalue weighted by Crippen LogP contribution is 2.15. The smallest absolute Gasteiger partial charge is 0.291 e. The summed E-state index contributed by atoms with van der Waals surface area (Å²) < 4.78 is 47.4. The zero-order valence-electron chi connectivity index (χ0n) is 4.74. The average molecular weight is 160 g/mol. The molecule has 0 amide bonds. The van der Waals surface area contributed by atoms with E-state index < -0.39 is 25.4 Å². The number of carbonyl (C=O) groups is 1. The van der Waals surface area contributed by atoms with Crippen molar-refractivity contribution >= 4 is 6.04 Å². The maximum atomic E-state index is 11.2. The van der Waals surface area contributed by atoms with Crippen molar-refractivity contribution in [3.63, 3.8) is 0 Å². The maximum absolute atomic E-state index is 11.2. The molecule has 0 unspecified atom stereocenters. The van der Waals surface area contributed by atoms with Crippen molar-refractivity contribution in [3.8, 4) is 0 Å². The minimum absolute atomic E-state index is 0.862. The summed E-state index contributed by atoms with van der Waals surface area (Å²) in [6.07, 6.45) is -5.64. The van der Waals surface area contributed by atoms with Crippen LogP contribution in [0.2, 0.25) is 0 Å². The fraction of sp³-hybridized carbons (Fsp3) is 0.750. The van der Waals surface area contributed by atoms with Gasteiger partial charge in [0.1, 0.15) is 0 Å². The van der Waals surface area contributed by atoms with E-state index in [1.54, 1.807) is 0 Å². The average Bonchev–Trinajstić information content (AvgIpc) is 1.59. The highest BCUT2D eigenvalue weighted by atomic mass is 19.4. The first-order chi connectivity index (χ1) is 4.42. The highest BCUT2D eigenvalue weighted by molar-refractivity contribution is 5.67. The number of halogens is 4. The molecule has 0 atom stereocenters. The molecular weight excluding hydrogens is 156 g/mol. The molecule has 0 radical (unpaired) electrons. The molecule has 0 saturated carbocycles. The van der Waals surface area contributed by atoms with Gasteiger partial charge in [-0.3, -0.25) is 9.53 Å². The van der Waals surface area contributed by atoms with E-state index in [-0.39, 0.29) is 0 Å². The number of ether oxygens (including phenoxy) is 1. The lowest BCUT2D eigenvalue weighted by Crippen LogP contribution is -2.15. The largest absolute Gasteiger partial charge is 0.522 e. The molecule has 0 rings (SSSR count). The van der Waals surface area contributed by atoms with Gasteiger partial charge in [0.15, 0.2) is 0 Å². The Morgan fingerprint density at radius 1 is 1.40 bits per heavy atom. The third-order valence-electron chi connectivity index (χ3n) is 0.564. The van der Waals surface area contributed by atoms with Crippen LogP contribution in [0.25, 0.3) is 0 Å². The molecule has 2 nitrogen and oxygen atoms in total. The Morgan fingerprint density at radius 3 is 2.20 bits per heavy atom. The second-order valence-corrected chi connectivity index (χ2v) is 1.40. The molecule has 6 heteroatoms. The number of alkyl halides is 3. The van der Waals surface area contributed by atoms with E-state index in [1.165, 1.54) is 0 Å². The normalized spacial score (nSPS) is 11.6. The number of rotatable bonds is 3. The van der Waals surface area contributed by atoms with E-state index in [0.29, 0.717) is 0 Å². The molecule has 0 fully saturated rings. The van der Waals surface area contributed by atoms with Crippen LogP contribution in [0.15, 0.2) is 0 Å². The summed E-state index contributed by atoms with van der Waals surface area (Å²) >= 11 is 0.